The number of nitrogens with one attached hydrogen (secondary N) is 2. The minimum absolute atomic E-state index is 0.0277. The van der Waals surface area contributed by atoms with Crippen molar-refractivity contribution in [1.29, 1.82) is 0 Å². The summed E-state index contributed by atoms with van der Waals surface area (Å²) in [5.74, 6) is 1.07. The van der Waals surface area contributed by atoms with Crippen LogP contribution in [0.15, 0.2) is 42.5 Å². The molecule has 2 aliphatic heterocycles. The Balaban J connectivity index is 1.47. The molecule has 5 nitrogen and oxygen atoms in total. The van der Waals surface area contributed by atoms with E-state index < -0.39 is 0 Å². The second-order valence-electron chi connectivity index (χ2n) is 11.4. The van der Waals surface area contributed by atoms with Crippen LogP contribution < -0.4 is 10.6 Å². The van der Waals surface area contributed by atoms with Gasteiger partial charge in [0.15, 0.2) is 0 Å². The lowest BCUT2D eigenvalue weighted by Crippen LogP contribution is -2.48. The number of hydrogen-bond donors (Lipinski definition) is 2. The van der Waals surface area contributed by atoms with Crippen molar-refractivity contribution in [3.8, 4) is 0 Å². The summed E-state index contributed by atoms with van der Waals surface area (Å²) in [5, 5.41) is 7.25. The third-order valence-corrected chi connectivity index (χ3v) is 9.54. The van der Waals surface area contributed by atoms with E-state index >= 15 is 4.39 Å². The Bertz CT molecular complexity index is 1080. The normalized spacial score (nSPS) is 22.4. The third-order valence-electron chi connectivity index (χ3n) is 7.89. The van der Waals surface area contributed by atoms with Gasteiger partial charge in [-0.05, 0) is 87.6 Å². The van der Waals surface area contributed by atoms with Crippen molar-refractivity contribution in [3.63, 3.8) is 0 Å². The molecule has 2 saturated heterocycles. The fraction of sp³-hybridized carbons (Fsp3) is 0.581. The number of rotatable bonds is 11. The SMILES string of the molecule is CCCSN1CCNC[C@@H]1CCc1c(F)cccc1NC(=O)C[C@@H](c1ccc(Cl)cc1)C1CCOC(C)(C)C1. The van der Waals surface area contributed by atoms with E-state index in [0.717, 1.165) is 56.6 Å². The topological polar surface area (TPSA) is 53.6 Å². The molecule has 3 atom stereocenters. The number of carbonyl (C=O) groups excluding carboxylic acids is 1. The molecule has 214 valence electrons. The molecule has 0 radical (unpaired) electrons. The first-order valence-corrected chi connectivity index (χ1v) is 15.6. The minimum atomic E-state index is -0.259. The minimum Gasteiger partial charge on any atom is -0.376 e. The Kier molecular flexibility index (Phi) is 11.1. The zero-order chi connectivity index (χ0) is 27.8. The van der Waals surface area contributed by atoms with Crippen LogP contribution in [0.2, 0.25) is 5.02 Å². The molecule has 2 aliphatic rings. The van der Waals surface area contributed by atoms with Gasteiger partial charge in [0.25, 0.3) is 0 Å². The van der Waals surface area contributed by atoms with Gasteiger partial charge in [0.05, 0.1) is 5.60 Å². The van der Waals surface area contributed by atoms with Crippen LogP contribution in [0.1, 0.15) is 69.9 Å². The molecule has 2 fully saturated rings. The van der Waals surface area contributed by atoms with Gasteiger partial charge in [-0.15, -0.1) is 0 Å². The van der Waals surface area contributed by atoms with Crippen molar-refractivity contribution in [1.82, 2.24) is 9.62 Å². The number of benzene rings is 2. The Morgan fingerprint density at radius 3 is 2.82 bits per heavy atom. The zero-order valence-corrected chi connectivity index (χ0v) is 25.1. The van der Waals surface area contributed by atoms with Gasteiger partial charge in [0.1, 0.15) is 5.82 Å². The molecule has 1 amide bonds. The van der Waals surface area contributed by atoms with Crippen LogP contribution >= 0.6 is 23.5 Å². The summed E-state index contributed by atoms with van der Waals surface area (Å²) in [4.78, 5) is 13.5. The smallest absolute Gasteiger partial charge is 0.225 e. The lowest BCUT2D eigenvalue weighted by molar-refractivity contribution is -0.118. The third kappa shape index (κ3) is 8.67. The number of ether oxygens (including phenoxy) is 1. The maximum Gasteiger partial charge on any atom is 0.225 e. The van der Waals surface area contributed by atoms with Crippen LogP contribution in [0.4, 0.5) is 10.1 Å². The van der Waals surface area contributed by atoms with Crippen LogP contribution in [-0.2, 0) is 16.0 Å². The van der Waals surface area contributed by atoms with Gasteiger partial charge in [0.2, 0.25) is 5.91 Å². The van der Waals surface area contributed by atoms with Crippen molar-refractivity contribution in [3.05, 3.63) is 64.4 Å². The maximum absolute atomic E-state index is 15.1. The molecular formula is C31H43ClFN3O2S. The van der Waals surface area contributed by atoms with Crippen LogP contribution in [0.3, 0.4) is 0 Å². The molecule has 2 N–H and O–H groups in total. The Morgan fingerprint density at radius 1 is 1.28 bits per heavy atom. The summed E-state index contributed by atoms with van der Waals surface area (Å²) in [6.45, 7) is 9.97. The molecule has 1 unspecified atom stereocenters. The van der Waals surface area contributed by atoms with Crippen LogP contribution in [0.25, 0.3) is 0 Å². The van der Waals surface area contributed by atoms with E-state index in [1.165, 1.54) is 6.07 Å². The summed E-state index contributed by atoms with van der Waals surface area (Å²) >= 11 is 8.06. The quantitative estimate of drug-likeness (QED) is 0.281. The Morgan fingerprint density at radius 2 is 2.08 bits per heavy atom. The molecule has 39 heavy (non-hydrogen) atoms. The molecule has 8 heteroatoms. The van der Waals surface area contributed by atoms with Gasteiger partial charge in [-0.3, -0.25) is 4.79 Å². The van der Waals surface area contributed by atoms with Crippen molar-refractivity contribution in [2.24, 2.45) is 5.92 Å². The molecule has 2 aromatic carbocycles. The fourth-order valence-electron chi connectivity index (χ4n) is 5.90. The number of halogens is 2. The fourth-order valence-corrected chi connectivity index (χ4v) is 7.05. The molecule has 2 heterocycles. The highest BCUT2D eigenvalue weighted by atomic mass is 35.5. The van der Waals surface area contributed by atoms with E-state index in [-0.39, 0.29) is 23.2 Å². The Labute approximate surface area is 242 Å². The second kappa shape index (κ2) is 14.3. The van der Waals surface area contributed by atoms with E-state index in [1.54, 1.807) is 6.07 Å². The summed E-state index contributed by atoms with van der Waals surface area (Å²) in [5.41, 5.74) is 2.05. The van der Waals surface area contributed by atoms with Gasteiger partial charge in [-0.1, -0.05) is 48.7 Å². The second-order valence-corrected chi connectivity index (χ2v) is 13.0. The first-order valence-electron chi connectivity index (χ1n) is 14.3. The van der Waals surface area contributed by atoms with Crippen molar-refractivity contribution >= 4 is 35.1 Å². The lowest BCUT2D eigenvalue weighted by atomic mass is 9.75. The van der Waals surface area contributed by atoms with Gasteiger partial charge in [0, 0.05) is 60.7 Å². The summed E-state index contributed by atoms with van der Waals surface area (Å²) in [7, 11) is 0. The first-order chi connectivity index (χ1) is 18.8. The van der Waals surface area contributed by atoms with E-state index in [1.807, 2.05) is 42.3 Å². The van der Waals surface area contributed by atoms with Crippen LogP contribution in [-0.4, -0.2) is 53.8 Å². The molecule has 0 aromatic heterocycles. The number of nitrogens with zero attached hydrogens (tertiary/aromatic N) is 1. The molecule has 2 aromatic rings. The van der Waals surface area contributed by atoms with E-state index in [4.69, 9.17) is 16.3 Å². The van der Waals surface area contributed by atoms with Crippen molar-refractivity contribution in [2.75, 3.05) is 37.3 Å². The molecular weight excluding hydrogens is 533 g/mol. The summed E-state index contributed by atoms with van der Waals surface area (Å²) < 4.78 is 23.5. The summed E-state index contributed by atoms with van der Waals surface area (Å²) in [6.07, 6.45) is 4.64. The highest BCUT2D eigenvalue weighted by molar-refractivity contribution is 7.97. The standard InChI is InChI=1S/C31H43ClFN3O2S/c1-4-18-39-36-16-15-34-21-25(36)12-13-26-28(33)6-5-7-29(26)35-30(37)19-27(22-8-10-24(32)11-9-22)23-14-17-38-31(2,3)20-23/h5-11,23,25,27,34H,4,12-21H2,1-3H3,(H,35,37)/t23?,25-,27-/m0/s1. The molecule has 0 bridgehead atoms. The van der Waals surface area contributed by atoms with Crippen molar-refractivity contribution in [2.45, 2.75) is 76.9 Å². The predicted octanol–water partition coefficient (Wildman–Crippen LogP) is 7.06. The maximum atomic E-state index is 15.1. The molecule has 0 aliphatic carbocycles. The molecule has 4 rings (SSSR count). The van der Waals surface area contributed by atoms with Crippen molar-refractivity contribution < 1.29 is 13.9 Å². The largest absolute Gasteiger partial charge is 0.376 e. The number of anilines is 1. The Hall–Kier alpha value is -1.64. The first kappa shape index (κ1) is 30.3. The average Bonchev–Trinajstić information content (AvgIpc) is 2.91. The highest BCUT2D eigenvalue weighted by Crippen LogP contribution is 2.40. The van der Waals surface area contributed by atoms with E-state index in [9.17, 15) is 4.79 Å². The molecule has 0 spiro atoms. The zero-order valence-electron chi connectivity index (χ0n) is 23.5. The van der Waals surface area contributed by atoms with Crippen LogP contribution in [0.5, 0.6) is 0 Å². The number of amides is 1. The number of hydrogen-bond acceptors (Lipinski definition) is 5. The molecule has 0 saturated carbocycles. The van der Waals surface area contributed by atoms with E-state index in [0.29, 0.717) is 47.7 Å². The van der Waals surface area contributed by atoms with Gasteiger partial charge in [-0.2, -0.15) is 0 Å². The predicted molar refractivity (Wildman–Crippen MR) is 161 cm³/mol. The van der Waals surface area contributed by atoms with Gasteiger partial charge < -0.3 is 15.4 Å². The van der Waals surface area contributed by atoms with Crippen LogP contribution in [0, 0.1) is 11.7 Å². The number of piperazine rings is 1. The van der Waals surface area contributed by atoms with Gasteiger partial charge >= 0.3 is 0 Å². The summed E-state index contributed by atoms with van der Waals surface area (Å²) in [6, 6.07) is 13.2. The monoisotopic (exact) mass is 575 g/mol. The number of carbonyl (C=O) groups is 1. The average molecular weight is 576 g/mol. The van der Waals surface area contributed by atoms with Gasteiger partial charge in [-0.25, -0.2) is 8.70 Å². The highest BCUT2D eigenvalue weighted by Gasteiger charge is 2.35. The lowest BCUT2D eigenvalue weighted by Gasteiger charge is -2.39. The van der Waals surface area contributed by atoms with E-state index in [2.05, 4.69) is 35.7 Å².